The molecule has 0 bridgehead atoms. The molecule has 4 aromatic rings. The highest BCUT2D eigenvalue weighted by Gasteiger charge is 2.11. The lowest BCUT2D eigenvalue weighted by atomic mass is 10.1. The number of nitrogens with zero attached hydrogens (tertiary/aromatic N) is 1. The lowest BCUT2D eigenvalue weighted by Crippen LogP contribution is -2.13. The van der Waals surface area contributed by atoms with Crippen molar-refractivity contribution < 1.29 is 14.3 Å². The maximum atomic E-state index is 12.5. The normalized spacial score (nSPS) is 10.7. The fraction of sp³-hybridized carbons (Fsp3) is 0.125. The summed E-state index contributed by atoms with van der Waals surface area (Å²) < 4.78 is 6.86. The quantitative estimate of drug-likeness (QED) is 0.349. The minimum Gasteiger partial charge on any atom is -0.497 e. The van der Waals surface area contributed by atoms with Crippen molar-refractivity contribution in [2.45, 2.75) is 11.3 Å². The van der Waals surface area contributed by atoms with Gasteiger partial charge in [0, 0.05) is 16.9 Å². The number of hydrogen-bond donors (Lipinski definition) is 2. The molecule has 0 aliphatic rings. The van der Waals surface area contributed by atoms with Gasteiger partial charge in [-0.3, -0.25) is 9.59 Å². The molecule has 0 fully saturated rings. The molecule has 0 saturated heterocycles. The molecule has 0 atom stereocenters. The summed E-state index contributed by atoms with van der Waals surface area (Å²) >= 11 is 2.88. The van der Waals surface area contributed by atoms with Gasteiger partial charge in [-0.15, -0.1) is 11.3 Å². The van der Waals surface area contributed by atoms with Crippen LogP contribution in [0.25, 0.3) is 10.2 Å². The molecule has 3 aromatic carbocycles. The van der Waals surface area contributed by atoms with Gasteiger partial charge in [-0.2, -0.15) is 0 Å². The standard InChI is InChI=1S/C24H21N3O3S2/c1-15-3-5-16(6-4-15)23(29)26-18-9-12-20-21(13-18)32-24(27-20)31-14-22(28)25-17-7-10-19(30-2)11-8-17/h3-13H,14H2,1-2H3,(H,25,28)(H,26,29). The lowest BCUT2D eigenvalue weighted by Gasteiger charge is -2.05. The fourth-order valence-electron chi connectivity index (χ4n) is 2.95. The number of amides is 2. The Kier molecular flexibility index (Phi) is 6.72. The molecule has 0 radical (unpaired) electrons. The van der Waals surface area contributed by atoms with Crippen molar-refractivity contribution in [3.63, 3.8) is 0 Å². The summed E-state index contributed by atoms with van der Waals surface area (Å²) in [6.45, 7) is 1.98. The first-order valence-electron chi connectivity index (χ1n) is 9.85. The van der Waals surface area contributed by atoms with Crippen molar-refractivity contribution in [3.05, 3.63) is 77.9 Å². The zero-order chi connectivity index (χ0) is 22.5. The molecule has 0 spiro atoms. The zero-order valence-corrected chi connectivity index (χ0v) is 19.2. The molecule has 1 heterocycles. The molecular weight excluding hydrogens is 442 g/mol. The van der Waals surface area contributed by atoms with Gasteiger partial charge in [-0.05, 0) is 61.5 Å². The van der Waals surface area contributed by atoms with Gasteiger partial charge in [0.25, 0.3) is 5.91 Å². The monoisotopic (exact) mass is 463 g/mol. The van der Waals surface area contributed by atoms with Crippen LogP contribution in [0.4, 0.5) is 11.4 Å². The Morgan fingerprint density at radius 2 is 1.69 bits per heavy atom. The van der Waals surface area contributed by atoms with Crippen LogP contribution < -0.4 is 15.4 Å². The smallest absolute Gasteiger partial charge is 0.255 e. The molecule has 0 unspecified atom stereocenters. The van der Waals surface area contributed by atoms with Crippen LogP contribution in [-0.4, -0.2) is 29.7 Å². The SMILES string of the molecule is COc1ccc(NC(=O)CSc2nc3ccc(NC(=O)c4ccc(C)cc4)cc3s2)cc1. The number of thiazole rings is 1. The van der Waals surface area contributed by atoms with Crippen LogP contribution in [0.2, 0.25) is 0 Å². The van der Waals surface area contributed by atoms with Crippen LogP contribution in [0.5, 0.6) is 5.75 Å². The first-order valence-corrected chi connectivity index (χ1v) is 11.7. The highest BCUT2D eigenvalue weighted by molar-refractivity contribution is 8.01. The number of anilines is 2. The van der Waals surface area contributed by atoms with Gasteiger partial charge in [-0.25, -0.2) is 4.98 Å². The Labute approximate surface area is 194 Å². The molecule has 32 heavy (non-hydrogen) atoms. The molecular formula is C24H21N3O3S2. The molecule has 6 nitrogen and oxygen atoms in total. The molecule has 8 heteroatoms. The summed E-state index contributed by atoms with van der Waals surface area (Å²) in [7, 11) is 1.60. The Morgan fingerprint density at radius 1 is 0.969 bits per heavy atom. The van der Waals surface area contributed by atoms with Crippen LogP contribution in [0.1, 0.15) is 15.9 Å². The molecule has 0 aliphatic carbocycles. The largest absolute Gasteiger partial charge is 0.497 e. The van der Waals surface area contributed by atoms with Crippen molar-refractivity contribution in [2.75, 3.05) is 23.5 Å². The topological polar surface area (TPSA) is 80.3 Å². The van der Waals surface area contributed by atoms with Crippen molar-refractivity contribution in [1.29, 1.82) is 0 Å². The second kappa shape index (κ2) is 9.84. The third-order valence-electron chi connectivity index (χ3n) is 4.64. The highest BCUT2D eigenvalue weighted by Crippen LogP contribution is 2.31. The average molecular weight is 464 g/mol. The molecule has 0 saturated carbocycles. The van der Waals surface area contributed by atoms with Gasteiger partial charge in [-0.1, -0.05) is 29.5 Å². The van der Waals surface area contributed by atoms with E-state index in [-0.39, 0.29) is 17.6 Å². The number of ether oxygens (including phenoxy) is 1. The van der Waals surface area contributed by atoms with Gasteiger partial charge < -0.3 is 15.4 Å². The molecule has 1 aromatic heterocycles. The predicted octanol–water partition coefficient (Wildman–Crippen LogP) is 5.60. The van der Waals surface area contributed by atoms with E-state index in [2.05, 4.69) is 15.6 Å². The molecule has 162 valence electrons. The summed E-state index contributed by atoms with van der Waals surface area (Å²) in [6.07, 6.45) is 0. The van der Waals surface area contributed by atoms with Gasteiger partial charge in [0.2, 0.25) is 5.91 Å². The number of aryl methyl sites for hydroxylation is 1. The number of methoxy groups -OCH3 is 1. The van der Waals surface area contributed by atoms with E-state index in [1.165, 1.54) is 23.1 Å². The third kappa shape index (κ3) is 5.46. The Hall–Kier alpha value is -3.36. The van der Waals surface area contributed by atoms with Crippen molar-refractivity contribution in [2.24, 2.45) is 0 Å². The number of nitrogens with one attached hydrogen (secondary N) is 2. The van der Waals surface area contributed by atoms with Crippen LogP contribution in [0.3, 0.4) is 0 Å². The highest BCUT2D eigenvalue weighted by atomic mass is 32.2. The summed E-state index contributed by atoms with van der Waals surface area (Å²) in [4.78, 5) is 29.3. The molecule has 2 amide bonds. The van der Waals surface area contributed by atoms with E-state index in [0.29, 0.717) is 11.3 Å². The van der Waals surface area contributed by atoms with Crippen molar-refractivity contribution in [1.82, 2.24) is 4.98 Å². The first kappa shape index (κ1) is 21.9. The number of carbonyl (C=O) groups excluding carboxylic acids is 2. The van der Waals surface area contributed by atoms with E-state index in [0.717, 1.165) is 31.6 Å². The number of carbonyl (C=O) groups is 2. The summed E-state index contributed by atoms with van der Waals surface area (Å²) in [5.74, 6) is 0.730. The number of fused-ring (bicyclic) bond motifs is 1. The van der Waals surface area contributed by atoms with Crippen LogP contribution in [-0.2, 0) is 4.79 Å². The maximum absolute atomic E-state index is 12.5. The van der Waals surface area contributed by atoms with Crippen LogP contribution >= 0.6 is 23.1 Å². The lowest BCUT2D eigenvalue weighted by molar-refractivity contribution is -0.113. The van der Waals surface area contributed by atoms with E-state index < -0.39 is 0 Å². The van der Waals surface area contributed by atoms with Crippen LogP contribution in [0, 0.1) is 6.92 Å². The second-order valence-electron chi connectivity index (χ2n) is 7.05. The molecule has 2 N–H and O–H groups in total. The maximum Gasteiger partial charge on any atom is 0.255 e. The Bertz CT molecular complexity index is 1250. The second-order valence-corrected chi connectivity index (χ2v) is 9.30. The number of aromatic nitrogens is 1. The average Bonchev–Trinajstić information content (AvgIpc) is 3.21. The fourth-order valence-corrected chi connectivity index (χ4v) is 4.86. The van der Waals surface area contributed by atoms with Crippen molar-refractivity contribution >= 4 is 56.5 Å². The molecule has 4 rings (SSSR count). The third-order valence-corrected chi connectivity index (χ3v) is 6.80. The number of rotatable bonds is 7. The minimum absolute atomic E-state index is 0.106. The van der Waals surface area contributed by atoms with Gasteiger partial charge in [0.1, 0.15) is 5.75 Å². The summed E-state index contributed by atoms with van der Waals surface area (Å²) in [5, 5.41) is 5.79. The van der Waals surface area contributed by atoms with Crippen molar-refractivity contribution in [3.8, 4) is 5.75 Å². The van der Waals surface area contributed by atoms with E-state index in [4.69, 9.17) is 4.74 Å². The minimum atomic E-state index is -0.154. The van der Waals surface area contributed by atoms with Gasteiger partial charge in [0.05, 0.1) is 23.1 Å². The van der Waals surface area contributed by atoms with E-state index >= 15 is 0 Å². The Balaban J connectivity index is 1.36. The number of benzene rings is 3. The molecule has 0 aliphatic heterocycles. The zero-order valence-electron chi connectivity index (χ0n) is 17.5. The van der Waals surface area contributed by atoms with E-state index in [1.807, 2.05) is 49.4 Å². The predicted molar refractivity (Wildman–Crippen MR) is 131 cm³/mol. The van der Waals surface area contributed by atoms with Gasteiger partial charge in [0.15, 0.2) is 4.34 Å². The summed E-state index contributed by atoms with van der Waals surface area (Å²) in [5.41, 5.74) is 3.98. The number of thioether (sulfide) groups is 1. The first-order chi connectivity index (χ1) is 15.5. The number of hydrogen-bond acceptors (Lipinski definition) is 6. The van der Waals surface area contributed by atoms with Gasteiger partial charge >= 0.3 is 0 Å². The van der Waals surface area contributed by atoms with E-state index in [1.54, 1.807) is 31.4 Å². The van der Waals surface area contributed by atoms with Crippen LogP contribution in [0.15, 0.2) is 71.1 Å². The van der Waals surface area contributed by atoms with E-state index in [9.17, 15) is 9.59 Å². The Morgan fingerprint density at radius 3 is 2.41 bits per heavy atom. The summed E-state index contributed by atoms with van der Waals surface area (Å²) in [6, 6.07) is 20.2.